The van der Waals surface area contributed by atoms with Gasteiger partial charge in [0.2, 0.25) is 5.91 Å². The van der Waals surface area contributed by atoms with Crippen molar-refractivity contribution in [3.63, 3.8) is 0 Å². The van der Waals surface area contributed by atoms with Crippen LogP contribution in [0.2, 0.25) is 0 Å². The molecule has 1 aromatic heterocycles. The van der Waals surface area contributed by atoms with Gasteiger partial charge in [-0.3, -0.25) is 4.79 Å². The molecule has 2 heterocycles. The Bertz CT molecular complexity index is 737. The number of benzene rings is 1. The summed E-state index contributed by atoms with van der Waals surface area (Å²) in [6.45, 7) is 5.17. The highest BCUT2D eigenvalue weighted by Crippen LogP contribution is 2.33. The molecule has 0 saturated heterocycles. The van der Waals surface area contributed by atoms with Crippen molar-refractivity contribution in [2.45, 2.75) is 33.1 Å². The first kappa shape index (κ1) is 16.5. The summed E-state index contributed by atoms with van der Waals surface area (Å²) in [4.78, 5) is 16.6. The van der Waals surface area contributed by atoms with Crippen molar-refractivity contribution < 1.29 is 13.7 Å². The number of aryl methyl sites for hydroxylation is 2. The first-order chi connectivity index (χ1) is 11.5. The lowest BCUT2D eigenvalue weighted by Crippen LogP contribution is -2.31. The van der Waals surface area contributed by atoms with Crippen LogP contribution in [0.3, 0.4) is 0 Å². The zero-order valence-electron chi connectivity index (χ0n) is 14.3. The van der Waals surface area contributed by atoms with Crippen molar-refractivity contribution in [1.29, 1.82) is 0 Å². The molecule has 0 N–H and O–H groups in total. The number of hydrogen-bond acceptors (Lipinski definition) is 4. The monoisotopic (exact) mass is 331 g/mol. The number of carbonyl (C=O) groups excluding carboxylic acids is 1. The van der Waals surface area contributed by atoms with E-state index in [2.05, 4.69) is 10.1 Å². The molecule has 128 valence electrons. The minimum absolute atomic E-state index is 0.00264. The predicted molar refractivity (Wildman–Crippen MR) is 90.9 cm³/mol. The molecule has 0 unspecified atom stereocenters. The maximum absolute atomic E-state index is 13.7. The molecule has 24 heavy (non-hydrogen) atoms. The molecule has 3 rings (SSSR count). The molecule has 0 bridgehead atoms. The summed E-state index contributed by atoms with van der Waals surface area (Å²) in [6, 6.07) is 4.63. The number of carbonyl (C=O) groups is 1. The summed E-state index contributed by atoms with van der Waals surface area (Å²) in [5.74, 6) is 0.423. The lowest BCUT2D eigenvalue weighted by Gasteiger charge is -2.24. The SMILES string of the molecule is Cc1noc(C)c1CCC(=O)N1CCCN(C)c2ccc(F)cc21. The van der Waals surface area contributed by atoms with Crippen LogP contribution in [0, 0.1) is 19.7 Å². The Morgan fingerprint density at radius 2 is 2.08 bits per heavy atom. The maximum Gasteiger partial charge on any atom is 0.227 e. The standard InChI is InChI=1S/C18H22FN3O2/c1-12-15(13(2)24-20-12)6-8-18(23)22-10-4-9-21(3)16-7-5-14(19)11-17(16)22/h5,7,11H,4,6,8-10H2,1-3H3. The zero-order valence-corrected chi connectivity index (χ0v) is 14.3. The number of hydrogen-bond donors (Lipinski definition) is 0. The number of fused-ring (bicyclic) bond motifs is 1. The third kappa shape index (κ3) is 3.13. The van der Waals surface area contributed by atoms with Crippen LogP contribution in [0.1, 0.15) is 29.9 Å². The Kier molecular flexibility index (Phi) is 4.55. The number of aromatic nitrogens is 1. The molecule has 0 saturated carbocycles. The fourth-order valence-corrected chi connectivity index (χ4v) is 3.23. The molecule has 0 atom stereocenters. The van der Waals surface area contributed by atoms with Crippen LogP contribution in [0.5, 0.6) is 0 Å². The molecule has 0 radical (unpaired) electrons. The fraction of sp³-hybridized carbons (Fsp3) is 0.444. The van der Waals surface area contributed by atoms with E-state index in [1.807, 2.05) is 20.9 Å². The third-order valence-corrected chi connectivity index (χ3v) is 4.59. The summed E-state index contributed by atoms with van der Waals surface area (Å²) < 4.78 is 18.9. The lowest BCUT2D eigenvalue weighted by molar-refractivity contribution is -0.118. The first-order valence-electron chi connectivity index (χ1n) is 8.20. The van der Waals surface area contributed by atoms with Gasteiger partial charge in [0.1, 0.15) is 11.6 Å². The average molecular weight is 331 g/mol. The van der Waals surface area contributed by atoms with Gasteiger partial charge in [-0.2, -0.15) is 0 Å². The van der Waals surface area contributed by atoms with Crippen molar-refractivity contribution >= 4 is 17.3 Å². The number of anilines is 2. The molecule has 0 spiro atoms. The summed E-state index contributed by atoms with van der Waals surface area (Å²) >= 11 is 0. The number of rotatable bonds is 3. The van der Waals surface area contributed by atoms with Gasteiger partial charge in [-0.25, -0.2) is 4.39 Å². The Morgan fingerprint density at radius 3 is 2.79 bits per heavy atom. The largest absolute Gasteiger partial charge is 0.373 e. The van der Waals surface area contributed by atoms with Crippen LogP contribution >= 0.6 is 0 Å². The van der Waals surface area contributed by atoms with Crippen LogP contribution in [0.15, 0.2) is 22.7 Å². The van der Waals surface area contributed by atoms with Crippen LogP contribution in [0.25, 0.3) is 0 Å². The van der Waals surface area contributed by atoms with E-state index in [1.54, 1.807) is 11.0 Å². The summed E-state index contributed by atoms with van der Waals surface area (Å²) in [5.41, 5.74) is 3.34. The van der Waals surface area contributed by atoms with E-state index >= 15 is 0 Å². The number of amides is 1. The van der Waals surface area contributed by atoms with Crippen molar-refractivity contribution in [1.82, 2.24) is 5.16 Å². The van der Waals surface area contributed by atoms with E-state index in [-0.39, 0.29) is 11.7 Å². The second-order valence-corrected chi connectivity index (χ2v) is 6.26. The van der Waals surface area contributed by atoms with E-state index < -0.39 is 0 Å². The van der Waals surface area contributed by atoms with Gasteiger partial charge in [0.25, 0.3) is 0 Å². The number of nitrogens with zero attached hydrogens (tertiary/aromatic N) is 3. The van der Waals surface area contributed by atoms with Crippen molar-refractivity contribution in [3.8, 4) is 0 Å². The van der Waals surface area contributed by atoms with E-state index in [4.69, 9.17) is 4.52 Å². The van der Waals surface area contributed by atoms with Gasteiger partial charge in [0, 0.05) is 32.1 Å². The van der Waals surface area contributed by atoms with Gasteiger partial charge in [-0.15, -0.1) is 0 Å². The van der Waals surface area contributed by atoms with Gasteiger partial charge >= 0.3 is 0 Å². The van der Waals surface area contributed by atoms with Crippen molar-refractivity contribution in [2.75, 3.05) is 29.9 Å². The second kappa shape index (κ2) is 6.63. The van der Waals surface area contributed by atoms with Gasteiger partial charge in [-0.1, -0.05) is 5.16 Å². The topological polar surface area (TPSA) is 49.6 Å². The molecule has 1 aromatic carbocycles. The van der Waals surface area contributed by atoms with Gasteiger partial charge < -0.3 is 14.3 Å². The smallest absolute Gasteiger partial charge is 0.227 e. The Hall–Kier alpha value is -2.37. The van der Waals surface area contributed by atoms with Crippen molar-refractivity contribution in [2.24, 2.45) is 0 Å². The Morgan fingerprint density at radius 1 is 1.29 bits per heavy atom. The molecule has 1 amide bonds. The van der Waals surface area contributed by atoms with Crippen LogP contribution < -0.4 is 9.80 Å². The molecule has 2 aromatic rings. The molecular weight excluding hydrogens is 309 g/mol. The molecule has 0 aliphatic carbocycles. The van der Waals surface area contributed by atoms with E-state index in [0.29, 0.717) is 25.1 Å². The highest BCUT2D eigenvalue weighted by molar-refractivity contribution is 5.97. The normalized spacial score (nSPS) is 14.5. The van der Waals surface area contributed by atoms with E-state index in [0.717, 1.165) is 35.7 Å². The van der Waals surface area contributed by atoms with Crippen LogP contribution in [-0.2, 0) is 11.2 Å². The minimum Gasteiger partial charge on any atom is -0.373 e. The maximum atomic E-state index is 13.7. The Labute approximate surface area is 141 Å². The first-order valence-corrected chi connectivity index (χ1v) is 8.20. The zero-order chi connectivity index (χ0) is 17.3. The summed E-state index contributed by atoms with van der Waals surface area (Å²) in [5, 5.41) is 3.92. The predicted octanol–water partition coefficient (Wildman–Crippen LogP) is 3.24. The molecule has 5 nitrogen and oxygen atoms in total. The summed E-state index contributed by atoms with van der Waals surface area (Å²) in [6.07, 6.45) is 1.78. The average Bonchev–Trinajstić information content (AvgIpc) is 2.77. The molecule has 0 fully saturated rings. The molecule has 1 aliphatic heterocycles. The van der Waals surface area contributed by atoms with Crippen molar-refractivity contribution in [3.05, 3.63) is 41.0 Å². The van der Waals surface area contributed by atoms with Gasteiger partial charge in [-0.05, 0) is 44.9 Å². The van der Waals surface area contributed by atoms with Gasteiger partial charge in [0.15, 0.2) is 0 Å². The van der Waals surface area contributed by atoms with Crippen LogP contribution in [0.4, 0.5) is 15.8 Å². The number of halogens is 1. The second-order valence-electron chi connectivity index (χ2n) is 6.26. The molecule has 1 aliphatic rings. The third-order valence-electron chi connectivity index (χ3n) is 4.59. The molecule has 6 heteroatoms. The highest BCUT2D eigenvalue weighted by atomic mass is 19.1. The quantitative estimate of drug-likeness (QED) is 0.866. The van der Waals surface area contributed by atoms with Crippen LogP contribution in [-0.4, -0.2) is 31.2 Å². The minimum atomic E-state index is -0.326. The summed E-state index contributed by atoms with van der Waals surface area (Å²) in [7, 11) is 1.97. The highest BCUT2D eigenvalue weighted by Gasteiger charge is 2.24. The van der Waals surface area contributed by atoms with Gasteiger partial charge in [0.05, 0.1) is 17.1 Å². The van der Waals surface area contributed by atoms with E-state index in [9.17, 15) is 9.18 Å². The lowest BCUT2D eigenvalue weighted by atomic mass is 10.1. The van der Waals surface area contributed by atoms with E-state index in [1.165, 1.54) is 12.1 Å². The Balaban J connectivity index is 1.82. The fourth-order valence-electron chi connectivity index (χ4n) is 3.23. The molecular formula is C18H22FN3O2.